The number of aliphatic hydroxyl groups is 1. The number of hydrogen-bond acceptors (Lipinski definition) is 9. The maximum absolute atomic E-state index is 14.1. The maximum Gasteiger partial charge on any atom is 0.247 e. The molecule has 2 aromatic rings. The second-order valence-electron chi connectivity index (χ2n) is 12.0. The Bertz CT molecular complexity index is 1360. The second-order valence-corrected chi connectivity index (χ2v) is 19.5. The molecular formula is C27H41N5O6SSi. The lowest BCUT2D eigenvalue weighted by molar-refractivity contribution is -0.154. The molecule has 1 saturated heterocycles. The Balaban J connectivity index is 1.91. The summed E-state index contributed by atoms with van der Waals surface area (Å²) in [5.74, 6) is 0.997. The molecule has 2 aliphatic heterocycles. The van der Waals surface area contributed by atoms with E-state index in [1.54, 1.807) is 37.0 Å². The van der Waals surface area contributed by atoms with Crippen LogP contribution in [-0.4, -0.2) is 88.7 Å². The number of rotatable bonds is 12. The summed E-state index contributed by atoms with van der Waals surface area (Å²) in [7, 11) is -2.65. The molecule has 4 rings (SSSR count). The van der Waals surface area contributed by atoms with Crippen molar-refractivity contribution < 1.29 is 27.7 Å². The van der Waals surface area contributed by atoms with Crippen LogP contribution in [0.2, 0.25) is 25.7 Å². The number of benzene rings is 1. The highest BCUT2D eigenvalue weighted by molar-refractivity contribution is 7.92. The van der Waals surface area contributed by atoms with Crippen molar-refractivity contribution in [3.8, 4) is 17.2 Å². The van der Waals surface area contributed by atoms with E-state index in [0.29, 0.717) is 48.9 Å². The molecule has 40 heavy (non-hydrogen) atoms. The highest BCUT2D eigenvalue weighted by Crippen LogP contribution is 2.40. The number of aliphatic hydroxyl groups excluding tert-OH is 1. The monoisotopic (exact) mass is 591 g/mol. The van der Waals surface area contributed by atoms with E-state index in [2.05, 4.69) is 29.8 Å². The van der Waals surface area contributed by atoms with Crippen molar-refractivity contribution >= 4 is 30.0 Å². The Morgan fingerprint density at radius 1 is 1.18 bits per heavy atom. The summed E-state index contributed by atoms with van der Waals surface area (Å²) in [5, 5.41) is 20.0. The molecular weight excluding hydrogens is 550 g/mol. The van der Waals surface area contributed by atoms with Crippen molar-refractivity contribution in [2.75, 3.05) is 55.5 Å². The van der Waals surface area contributed by atoms with Gasteiger partial charge in [-0.15, -0.1) is 10.2 Å². The molecule has 2 aliphatic rings. The molecule has 0 bridgehead atoms. The van der Waals surface area contributed by atoms with Gasteiger partial charge < -0.3 is 24.2 Å². The van der Waals surface area contributed by atoms with E-state index < -0.39 is 35.4 Å². The fraction of sp³-hybridized carbons (Fsp3) is 0.556. The molecule has 1 N–H and O–H groups in total. The molecule has 0 aliphatic carbocycles. The first kappa shape index (κ1) is 30.1. The Hall–Kier alpha value is -2.87. The van der Waals surface area contributed by atoms with Crippen LogP contribution in [0.5, 0.6) is 11.5 Å². The molecule has 1 aromatic carbocycles. The highest BCUT2D eigenvalue weighted by atomic mass is 32.2. The fourth-order valence-electron chi connectivity index (χ4n) is 4.60. The number of nitrogens with zero attached hydrogens (tertiary/aromatic N) is 5. The van der Waals surface area contributed by atoms with Crippen LogP contribution in [0.25, 0.3) is 5.69 Å². The van der Waals surface area contributed by atoms with E-state index in [9.17, 15) is 13.5 Å². The van der Waals surface area contributed by atoms with Crippen molar-refractivity contribution in [3.63, 3.8) is 0 Å². The molecule has 13 heteroatoms. The zero-order valence-electron chi connectivity index (χ0n) is 24.4. The number of para-hydroxylation sites is 1. The SMILES string of the molecule is COc1cccc(OC)c1-n1c(N2C=CC=C(C)C2)nnc1N(CC[Si](C)(C)C)S(=O)(=O)C[C@H](O)C1(C)COC1. The lowest BCUT2D eigenvalue weighted by atomic mass is 9.83. The standard InChI is InChI=1S/C27H41N5O6SSi/c1-20-10-9-13-30(16-20)25-28-29-26(32(25)24-21(36-3)11-8-12-22(24)37-4)31(14-15-40(5,6)7)39(34,35)17-23(33)27(2)18-38-19-27/h8-13,23,33H,14-19H2,1-7H3/t23-/m0/s1. The first-order chi connectivity index (χ1) is 18.8. The van der Waals surface area contributed by atoms with Crippen molar-refractivity contribution in [1.29, 1.82) is 0 Å². The van der Waals surface area contributed by atoms with Crippen LogP contribution in [0, 0.1) is 5.41 Å². The molecule has 3 heterocycles. The average Bonchev–Trinajstić information content (AvgIpc) is 3.29. The molecule has 0 saturated carbocycles. The Morgan fingerprint density at radius 2 is 1.82 bits per heavy atom. The minimum absolute atomic E-state index is 0.110. The van der Waals surface area contributed by atoms with E-state index in [4.69, 9.17) is 14.2 Å². The third-order valence-corrected chi connectivity index (χ3v) is 10.7. The van der Waals surface area contributed by atoms with Crippen LogP contribution in [-0.2, 0) is 14.8 Å². The van der Waals surface area contributed by atoms with Crippen molar-refractivity contribution in [3.05, 3.63) is 42.1 Å². The minimum atomic E-state index is -4.06. The van der Waals surface area contributed by atoms with Gasteiger partial charge >= 0.3 is 0 Å². The average molecular weight is 592 g/mol. The molecule has 1 fully saturated rings. The van der Waals surface area contributed by atoms with E-state index in [-0.39, 0.29) is 12.5 Å². The maximum atomic E-state index is 14.1. The summed E-state index contributed by atoms with van der Waals surface area (Å²) in [6.07, 6.45) is 4.70. The first-order valence-corrected chi connectivity index (χ1v) is 18.6. The Labute approximate surface area is 238 Å². The number of hydrogen-bond donors (Lipinski definition) is 1. The highest BCUT2D eigenvalue weighted by Gasteiger charge is 2.44. The van der Waals surface area contributed by atoms with Crippen LogP contribution >= 0.6 is 0 Å². The predicted octanol–water partition coefficient (Wildman–Crippen LogP) is 3.44. The van der Waals surface area contributed by atoms with Gasteiger partial charge in [-0.2, -0.15) is 0 Å². The molecule has 1 atom stereocenters. The van der Waals surface area contributed by atoms with Crippen molar-refractivity contribution in [2.45, 2.75) is 45.6 Å². The minimum Gasteiger partial charge on any atom is -0.494 e. The lowest BCUT2D eigenvalue weighted by Gasteiger charge is -2.42. The number of anilines is 2. The lowest BCUT2D eigenvalue weighted by Crippen LogP contribution is -2.53. The van der Waals surface area contributed by atoms with Crippen LogP contribution in [0.1, 0.15) is 13.8 Å². The van der Waals surface area contributed by atoms with Gasteiger partial charge in [0, 0.05) is 32.8 Å². The zero-order chi connectivity index (χ0) is 29.3. The van der Waals surface area contributed by atoms with Crippen LogP contribution in [0.4, 0.5) is 11.9 Å². The fourth-order valence-corrected chi connectivity index (χ4v) is 7.37. The third-order valence-electron chi connectivity index (χ3n) is 7.24. The molecule has 0 spiro atoms. The van der Waals surface area contributed by atoms with Gasteiger partial charge in [0.1, 0.15) is 17.2 Å². The summed E-state index contributed by atoms with van der Waals surface area (Å²) < 4.78 is 48.0. The van der Waals surface area contributed by atoms with Crippen molar-refractivity contribution in [2.24, 2.45) is 5.41 Å². The van der Waals surface area contributed by atoms with Gasteiger partial charge in [-0.3, -0.25) is 0 Å². The van der Waals surface area contributed by atoms with Gasteiger partial charge in [-0.05, 0) is 31.2 Å². The molecule has 0 unspecified atom stereocenters. The second kappa shape index (κ2) is 11.5. The van der Waals surface area contributed by atoms with E-state index >= 15 is 0 Å². The molecule has 11 nitrogen and oxygen atoms in total. The summed E-state index contributed by atoms with van der Waals surface area (Å²) in [4.78, 5) is 1.91. The van der Waals surface area contributed by atoms with Gasteiger partial charge in [-0.1, -0.05) is 44.3 Å². The van der Waals surface area contributed by atoms with Crippen LogP contribution in [0.3, 0.4) is 0 Å². The topological polar surface area (TPSA) is 119 Å². The molecule has 0 radical (unpaired) electrons. The van der Waals surface area contributed by atoms with E-state index in [1.807, 2.05) is 37.1 Å². The number of allylic oxidation sites excluding steroid dienone is 2. The Kier molecular flexibility index (Phi) is 8.69. The summed E-state index contributed by atoms with van der Waals surface area (Å²) in [6.45, 7) is 11.8. The third kappa shape index (κ3) is 6.22. The quantitative estimate of drug-likeness (QED) is 0.370. The van der Waals surface area contributed by atoms with Crippen LogP contribution in [0.15, 0.2) is 42.1 Å². The zero-order valence-corrected chi connectivity index (χ0v) is 26.2. The van der Waals surface area contributed by atoms with Gasteiger partial charge in [0.25, 0.3) is 0 Å². The number of ether oxygens (including phenoxy) is 3. The van der Waals surface area contributed by atoms with E-state index in [1.165, 1.54) is 4.31 Å². The van der Waals surface area contributed by atoms with Gasteiger partial charge in [-0.25, -0.2) is 17.3 Å². The molecule has 1 aromatic heterocycles. The first-order valence-electron chi connectivity index (χ1n) is 13.3. The summed E-state index contributed by atoms with van der Waals surface area (Å²) in [6, 6.07) is 6.05. The van der Waals surface area contributed by atoms with Crippen molar-refractivity contribution in [1.82, 2.24) is 14.8 Å². The number of aromatic nitrogens is 3. The summed E-state index contributed by atoms with van der Waals surface area (Å²) >= 11 is 0. The molecule has 0 amide bonds. The summed E-state index contributed by atoms with van der Waals surface area (Å²) in [5.41, 5.74) is 0.967. The van der Waals surface area contributed by atoms with E-state index in [0.717, 1.165) is 5.57 Å². The smallest absolute Gasteiger partial charge is 0.247 e. The Morgan fingerprint density at radius 3 is 2.35 bits per heavy atom. The van der Waals surface area contributed by atoms with Crippen LogP contribution < -0.4 is 18.7 Å². The van der Waals surface area contributed by atoms with Gasteiger partial charge in [0.2, 0.25) is 21.9 Å². The van der Waals surface area contributed by atoms with Gasteiger partial charge in [0.15, 0.2) is 0 Å². The normalized spacial score (nSPS) is 17.7. The number of sulfonamides is 1. The molecule has 220 valence electrons. The predicted molar refractivity (Wildman–Crippen MR) is 159 cm³/mol. The number of methoxy groups -OCH3 is 2. The largest absolute Gasteiger partial charge is 0.494 e. The van der Waals surface area contributed by atoms with Gasteiger partial charge in [0.05, 0.1) is 39.3 Å².